The van der Waals surface area contributed by atoms with Crippen molar-refractivity contribution in [2.24, 2.45) is 0 Å². The quantitative estimate of drug-likeness (QED) is 0.357. The molecule has 7 nitrogen and oxygen atoms in total. The summed E-state index contributed by atoms with van der Waals surface area (Å²) in [6.07, 6.45) is 1.13. The number of nitrogens with zero attached hydrogens (tertiary/aromatic N) is 2. The molecule has 0 radical (unpaired) electrons. The summed E-state index contributed by atoms with van der Waals surface area (Å²) >= 11 is 12.1. The van der Waals surface area contributed by atoms with Gasteiger partial charge in [-0.05, 0) is 48.4 Å². The fourth-order valence-corrected chi connectivity index (χ4v) is 5.16. The van der Waals surface area contributed by atoms with E-state index in [-0.39, 0.29) is 29.6 Å². The maximum atomic E-state index is 13.9. The van der Waals surface area contributed by atoms with Gasteiger partial charge >= 0.3 is 0 Å². The molecule has 0 bridgehead atoms. The van der Waals surface area contributed by atoms with Crippen molar-refractivity contribution < 1.29 is 22.4 Å². The third-order valence-electron chi connectivity index (χ3n) is 5.73. The van der Waals surface area contributed by atoms with Crippen LogP contribution in [-0.2, 0) is 32.6 Å². The first kappa shape index (κ1) is 29.4. The number of likely N-dealkylation sites (N-methyl/N-ethyl adjacent to an activating group) is 1. The van der Waals surface area contributed by atoms with Crippen molar-refractivity contribution in [2.75, 3.05) is 23.7 Å². The number of sulfonamides is 1. The number of carbonyl (C=O) groups is 2. The van der Waals surface area contributed by atoms with E-state index < -0.39 is 34.3 Å². The van der Waals surface area contributed by atoms with Crippen molar-refractivity contribution in [1.29, 1.82) is 0 Å². The molecule has 1 atom stereocenters. The van der Waals surface area contributed by atoms with Crippen LogP contribution in [0.4, 0.5) is 10.1 Å². The van der Waals surface area contributed by atoms with Gasteiger partial charge in [0.05, 0.1) is 17.0 Å². The minimum atomic E-state index is -3.99. The molecular formula is C27H28Cl2FN3O4S. The third-order valence-corrected chi connectivity index (χ3v) is 7.40. The Hall–Kier alpha value is -3.14. The first-order chi connectivity index (χ1) is 18.0. The van der Waals surface area contributed by atoms with E-state index in [4.69, 9.17) is 23.2 Å². The lowest BCUT2D eigenvalue weighted by Crippen LogP contribution is -2.53. The van der Waals surface area contributed by atoms with E-state index in [2.05, 4.69) is 5.32 Å². The van der Waals surface area contributed by atoms with Gasteiger partial charge in [0.2, 0.25) is 21.8 Å². The number of rotatable bonds is 11. The van der Waals surface area contributed by atoms with E-state index in [1.165, 1.54) is 11.0 Å². The molecular weight excluding hydrogens is 552 g/mol. The first-order valence-corrected chi connectivity index (χ1v) is 14.4. The number of halogens is 3. The summed E-state index contributed by atoms with van der Waals surface area (Å²) in [6.45, 7) is 1.47. The van der Waals surface area contributed by atoms with Crippen LogP contribution in [0.15, 0.2) is 72.8 Å². The minimum Gasteiger partial charge on any atom is -0.355 e. The van der Waals surface area contributed by atoms with Gasteiger partial charge in [0.15, 0.2) is 0 Å². The lowest BCUT2D eigenvalue weighted by Gasteiger charge is -2.33. The fourth-order valence-electron chi connectivity index (χ4n) is 3.93. The van der Waals surface area contributed by atoms with Crippen molar-refractivity contribution >= 4 is 50.7 Å². The lowest BCUT2D eigenvalue weighted by atomic mass is 10.0. The van der Waals surface area contributed by atoms with Gasteiger partial charge in [0.25, 0.3) is 0 Å². The number of nitrogens with one attached hydrogen (secondary N) is 1. The summed E-state index contributed by atoms with van der Waals surface area (Å²) in [4.78, 5) is 28.5. The largest absolute Gasteiger partial charge is 0.355 e. The monoisotopic (exact) mass is 579 g/mol. The van der Waals surface area contributed by atoms with Crippen LogP contribution in [0, 0.1) is 5.82 Å². The Bertz CT molecular complexity index is 1390. The van der Waals surface area contributed by atoms with Crippen LogP contribution < -0.4 is 9.62 Å². The van der Waals surface area contributed by atoms with Gasteiger partial charge in [-0.2, -0.15) is 0 Å². The molecule has 38 heavy (non-hydrogen) atoms. The van der Waals surface area contributed by atoms with Gasteiger partial charge in [-0.25, -0.2) is 12.8 Å². The number of carbonyl (C=O) groups excluding carboxylic acids is 2. The van der Waals surface area contributed by atoms with Gasteiger partial charge in [-0.1, -0.05) is 65.7 Å². The van der Waals surface area contributed by atoms with E-state index >= 15 is 0 Å². The third kappa shape index (κ3) is 7.93. The molecule has 1 N–H and O–H groups in total. The second kappa shape index (κ2) is 13.1. The molecule has 0 unspecified atom stereocenters. The van der Waals surface area contributed by atoms with Gasteiger partial charge < -0.3 is 10.2 Å². The van der Waals surface area contributed by atoms with Gasteiger partial charge in [-0.15, -0.1) is 0 Å². The molecule has 0 aromatic heterocycles. The average molecular weight is 581 g/mol. The second-order valence-corrected chi connectivity index (χ2v) is 11.4. The summed E-state index contributed by atoms with van der Waals surface area (Å²) in [5.74, 6) is -1.75. The highest BCUT2D eigenvalue weighted by molar-refractivity contribution is 7.92. The Morgan fingerprint density at radius 3 is 2.26 bits per heavy atom. The highest BCUT2D eigenvalue weighted by Crippen LogP contribution is 2.25. The smallest absolute Gasteiger partial charge is 0.244 e. The molecule has 2 amide bonds. The molecule has 0 fully saturated rings. The van der Waals surface area contributed by atoms with Gasteiger partial charge in [0.1, 0.15) is 18.4 Å². The zero-order valence-electron chi connectivity index (χ0n) is 20.9. The van der Waals surface area contributed by atoms with Crippen molar-refractivity contribution in [3.8, 4) is 0 Å². The van der Waals surface area contributed by atoms with Crippen LogP contribution in [-0.4, -0.2) is 50.5 Å². The molecule has 0 saturated carbocycles. The van der Waals surface area contributed by atoms with Crippen LogP contribution in [0.25, 0.3) is 0 Å². The molecule has 202 valence electrons. The van der Waals surface area contributed by atoms with Crippen LogP contribution in [0.5, 0.6) is 0 Å². The normalized spacial score (nSPS) is 12.0. The second-order valence-electron chi connectivity index (χ2n) is 8.62. The molecule has 3 aromatic carbocycles. The van der Waals surface area contributed by atoms with E-state index in [0.29, 0.717) is 17.1 Å². The van der Waals surface area contributed by atoms with E-state index in [0.717, 1.165) is 28.3 Å². The average Bonchev–Trinajstić information content (AvgIpc) is 2.86. The summed E-state index contributed by atoms with van der Waals surface area (Å²) in [7, 11) is -3.99. The Balaban J connectivity index is 2.05. The Labute approximate surface area is 232 Å². The van der Waals surface area contributed by atoms with Gasteiger partial charge in [-0.3, -0.25) is 13.9 Å². The molecule has 11 heteroatoms. The van der Waals surface area contributed by atoms with Crippen molar-refractivity contribution in [1.82, 2.24) is 10.2 Å². The maximum absolute atomic E-state index is 13.9. The van der Waals surface area contributed by atoms with Crippen LogP contribution >= 0.6 is 23.2 Å². The zero-order valence-corrected chi connectivity index (χ0v) is 23.2. The fraction of sp³-hybridized carbons (Fsp3) is 0.259. The number of anilines is 1. The summed E-state index contributed by atoms with van der Waals surface area (Å²) in [5, 5.41) is 2.94. The first-order valence-electron chi connectivity index (χ1n) is 11.8. The van der Waals surface area contributed by atoms with Crippen LogP contribution in [0.3, 0.4) is 0 Å². The number of benzene rings is 3. The Kier molecular flexibility index (Phi) is 10.1. The zero-order chi connectivity index (χ0) is 27.9. The summed E-state index contributed by atoms with van der Waals surface area (Å²) in [6, 6.07) is 18.5. The molecule has 0 spiro atoms. The molecule has 0 heterocycles. The predicted octanol–water partition coefficient (Wildman–Crippen LogP) is 4.67. The SMILES string of the molecule is CCNC(=O)[C@@H](Cc1ccccc1)N(Cc1cccc(Cl)c1)C(=O)CN(c1ccc(F)c(Cl)c1)S(C)(=O)=O. The highest BCUT2D eigenvalue weighted by Gasteiger charge is 2.33. The van der Waals surface area contributed by atoms with Crippen molar-refractivity contribution in [3.63, 3.8) is 0 Å². The summed E-state index contributed by atoms with van der Waals surface area (Å²) < 4.78 is 40.0. The van der Waals surface area contributed by atoms with Gasteiger partial charge in [0, 0.05) is 24.5 Å². The molecule has 0 aliphatic carbocycles. The highest BCUT2D eigenvalue weighted by atomic mass is 35.5. The maximum Gasteiger partial charge on any atom is 0.244 e. The van der Waals surface area contributed by atoms with Crippen molar-refractivity contribution in [2.45, 2.75) is 25.9 Å². The molecule has 0 aliphatic heterocycles. The molecule has 0 saturated heterocycles. The number of amides is 2. The molecule has 0 aliphatic rings. The van der Waals surface area contributed by atoms with Crippen LogP contribution in [0.1, 0.15) is 18.1 Å². The standard InChI is InChI=1S/C27H28Cl2FN3O4S/c1-3-31-27(35)25(15-19-8-5-4-6-9-19)32(17-20-10-7-11-21(28)14-20)26(34)18-33(38(2,36)37)22-12-13-24(30)23(29)16-22/h4-14,16,25H,3,15,17-18H2,1-2H3,(H,31,35)/t25-/m1/s1. The topological polar surface area (TPSA) is 86.8 Å². The number of hydrogen-bond acceptors (Lipinski definition) is 4. The van der Waals surface area contributed by atoms with E-state index in [1.807, 2.05) is 30.3 Å². The Morgan fingerprint density at radius 2 is 1.66 bits per heavy atom. The number of hydrogen-bond donors (Lipinski definition) is 1. The summed E-state index contributed by atoms with van der Waals surface area (Å²) in [5.41, 5.74) is 1.49. The lowest BCUT2D eigenvalue weighted by molar-refractivity contribution is -0.140. The van der Waals surface area contributed by atoms with Crippen molar-refractivity contribution in [3.05, 3.63) is 99.8 Å². The predicted molar refractivity (Wildman–Crippen MR) is 148 cm³/mol. The van der Waals surface area contributed by atoms with E-state index in [9.17, 15) is 22.4 Å². The van der Waals surface area contributed by atoms with Crippen LogP contribution in [0.2, 0.25) is 10.0 Å². The molecule has 3 aromatic rings. The molecule has 3 rings (SSSR count). The Morgan fingerprint density at radius 1 is 0.974 bits per heavy atom. The minimum absolute atomic E-state index is 0.00416. The van der Waals surface area contributed by atoms with E-state index in [1.54, 1.807) is 31.2 Å².